The minimum Gasteiger partial charge on any atom is -0.481 e. The number of carbonyl (C=O) groups is 2. The molecule has 0 aliphatic rings. The van der Waals surface area contributed by atoms with Gasteiger partial charge in [-0.05, 0) is 23.3 Å². The molecule has 0 unspecified atom stereocenters. The molecule has 2 rings (SSSR count). The topological polar surface area (TPSA) is 75.6 Å². The molecule has 0 saturated carbocycles. The largest absolute Gasteiger partial charge is 0.481 e. The predicted octanol–water partition coefficient (Wildman–Crippen LogP) is 3.12. The SMILES string of the molecule is O=C(O)Cc1ccc(F)cc1C#CCCNC(=O)OCc1ccccc1. The monoisotopic (exact) mass is 355 g/mol. The van der Waals surface area contributed by atoms with Crippen LogP contribution in [0.2, 0.25) is 0 Å². The van der Waals surface area contributed by atoms with Gasteiger partial charge in [-0.2, -0.15) is 0 Å². The Bertz CT molecular complexity index is 825. The van der Waals surface area contributed by atoms with Crippen molar-refractivity contribution in [3.05, 3.63) is 71.0 Å². The van der Waals surface area contributed by atoms with Gasteiger partial charge in [0.15, 0.2) is 0 Å². The van der Waals surface area contributed by atoms with Gasteiger partial charge in [-0.3, -0.25) is 4.79 Å². The Morgan fingerprint density at radius 1 is 1.15 bits per heavy atom. The van der Waals surface area contributed by atoms with Gasteiger partial charge in [-0.15, -0.1) is 0 Å². The van der Waals surface area contributed by atoms with Gasteiger partial charge < -0.3 is 15.2 Å². The lowest BCUT2D eigenvalue weighted by molar-refractivity contribution is -0.136. The summed E-state index contributed by atoms with van der Waals surface area (Å²) in [4.78, 5) is 22.4. The van der Waals surface area contributed by atoms with Gasteiger partial charge in [0, 0.05) is 18.5 Å². The van der Waals surface area contributed by atoms with Gasteiger partial charge in [0.2, 0.25) is 0 Å². The fourth-order valence-electron chi connectivity index (χ4n) is 2.14. The van der Waals surface area contributed by atoms with Crippen molar-refractivity contribution in [1.29, 1.82) is 0 Å². The van der Waals surface area contributed by atoms with Gasteiger partial charge >= 0.3 is 12.1 Å². The highest BCUT2D eigenvalue weighted by Crippen LogP contribution is 2.11. The number of nitrogens with one attached hydrogen (secondary N) is 1. The number of carboxylic acids is 1. The zero-order valence-corrected chi connectivity index (χ0v) is 14.0. The predicted molar refractivity (Wildman–Crippen MR) is 93.9 cm³/mol. The lowest BCUT2D eigenvalue weighted by Gasteiger charge is -2.05. The van der Waals surface area contributed by atoms with Crippen LogP contribution in [0.5, 0.6) is 0 Å². The quantitative estimate of drug-likeness (QED) is 0.617. The third-order valence-electron chi connectivity index (χ3n) is 3.37. The van der Waals surface area contributed by atoms with Gasteiger partial charge in [0.1, 0.15) is 12.4 Å². The first-order valence-electron chi connectivity index (χ1n) is 7.98. The molecule has 0 saturated heterocycles. The maximum atomic E-state index is 13.3. The lowest BCUT2D eigenvalue weighted by atomic mass is 10.0. The Balaban J connectivity index is 1.79. The summed E-state index contributed by atoms with van der Waals surface area (Å²) in [6.45, 7) is 0.449. The summed E-state index contributed by atoms with van der Waals surface area (Å²) in [5.74, 6) is 4.05. The van der Waals surface area contributed by atoms with Crippen molar-refractivity contribution < 1.29 is 23.8 Å². The molecule has 0 bridgehead atoms. The molecule has 2 aromatic rings. The maximum Gasteiger partial charge on any atom is 0.407 e. The highest BCUT2D eigenvalue weighted by molar-refractivity contribution is 5.71. The number of alkyl carbamates (subject to hydrolysis) is 1. The van der Waals surface area contributed by atoms with Crippen LogP contribution in [0.3, 0.4) is 0 Å². The van der Waals surface area contributed by atoms with Gasteiger partial charge in [0.05, 0.1) is 6.42 Å². The third-order valence-corrected chi connectivity index (χ3v) is 3.37. The van der Waals surface area contributed by atoms with E-state index >= 15 is 0 Å². The van der Waals surface area contributed by atoms with E-state index in [1.165, 1.54) is 18.2 Å². The molecule has 5 nitrogen and oxygen atoms in total. The first kappa shape index (κ1) is 19.0. The molecule has 2 aromatic carbocycles. The van der Waals surface area contributed by atoms with Crippen molar-refractivity contribution in [3.63, 3.8) is 0 Å². The van der Waals surface area contributed by atoms with Crippen molar-refractivity contribution in [2.75, 3.05) is 6.54 Å². The molecule has 0 aliphatic heterocycles. The summed E-state index contributed by atoms with van der Waals surface area (Å²) in [5, 5.41) is 11.4. The molecule has 0 heterocycles. The molecule has 26 heavy (non-hydrogen) atoms. The Kier molecular flexibility index (Phi) is 7.19. The summed E-state index contributed by atoms with van der Waals surface area (Å²) in [5.41, 5.74) is 1.67. The first-order chi connectivity index (χ1) is 12.5. The van der Waals surface area contributed by atoms with Crippen molar-refractivity contribution in [2.45, 2.75) is 19.4 Å². The number of halogens is 1. The van der Waals surface area contributed by atoms with Crippen LogP contribution in [-0.2, 0) is 22.6 Å². The van der Waals surface area contributed by atoms with Crippen molar-refractivity contribution in [3.8, 4) is 11.8 Å². The Hall–Kier alpha value is -3.33. The number of carboxylic acid groups (broad SMARTS) is 1. The summed E-state index contributed by atoms with van der Waals surface area (Å²) in [6, 6.07) is 13.1. The number of aliphatic carboxylic acids is 1. The number of hydrogen-bond acceptors (Lipinski definition) is 3. The number of benzene rings is 2. The van der Waals surface area contributed by atoms with E-state index in [2.05, 4.69) is 17.2 Å². The maximum absolute atomic E-state index is 13.3. The molecule has 0 spiro atoms. The summed E-state index contributed by atoms with van der Waals surface area (Å²) >= 11 is 0. The fourth-order valence-corrected chi connectivity index (χ4v) is 2.14. The molecule has 134 valence electrons. The minimum atomic E-state index is -1.01. The van der Waals surface area contributed by atoms with E-state index in [4.69, 9.17) is 9.84 Å². The summed E-state index contributed by atoms with van der Waals surface area (Å²) < 4.78 is 18.4. The molecule has 1 amide bonds. The van der Waals surface area contributed by atoms with Crippen LogP contribution in [0.15, 0.2) is 48.5 Å². The first-order valence-corrected chi connectivity index (χ1v) is 7.98. The normalized spacial score (nSPS) is 9.73. The molecule has 0 aliphatic carbocycles. The van der Waals surface area contributed by atoms with Crippen LogP contribution in [0, 0.1) is 17.7 Å². The average Bonchev–Trinajstić information content (AvgIpc) is 2.62. The van der Waals surface area contributed by atoms with Crippen LogP contribution in [0.1, 0.15) is 23.1 Å². The number of carbonyl (C=O) groups excluding carboxylic acids is 1. The van der Waals surface area contributed by atoms with Gasteiger partial charge in [-0.25, -0.2) is 9.18 Å². The molecule has 0 aromatic heterocycles. The minimum absolute atomic E-state index is 0.181. The standard InChI is InChI=1S/C20H18FNO4/c21-18-10-9-17(13-19(23)24)16(12-18)8-4-5-11-22-20(25)26-14-15-6-2-1-3-7-15/h1-3,6-7,9-10,12H,5,11,13-14H2,(H,22,25)(H,23,24). The van der Waals surface area contributed by atoms with E-state index in [1.54, 1.807) is 0 Å². The Labute approximate surface area is 150 Å². The van der Waals surface area contributed by atoms with E-state index in [-0.39, 0.29) is 19.6 Å². The average molecular weight is 355 g/mol. The second-order valence-corrected chi connectivity index (χ2v) is 5.41. The van der Waals surface area contributed by atoms with E-state index in [1.807, 2.05) is 30.3 Å². The molecule has 0 fully saturated rings. The molecular formula is C20H18FNO4. The van der Waals surface area contributed by atoms with E-state index in [0.717, 1.165) is 5.56 Å². The number of hydrogen-bond donors (Lipinski definition) is 2. The van der Waals surface area contributed by atoms with Crippen molar-refractivity contribution in [2.24, 2.45) is 0 Å². The third kappa shape index (κ3) is 6.65. The number of amides is 1. The zero-order valence-electron chi connectivity index (χ0n) is 14.0. The van der Waals surface area contributed by atoms with Gasteiger partial charge in [-0.1, -0.05) is 48.2 Å². The molecule has 6 heteroatoms. The Morgan fingerprint density at radius 2 is 1.92 bits per heavy atom. The molecular weight excluding hydrogens is 337 g/mol. The number of rotatable bonds is 6. The smallest absolute Gasteiger partial charge is 0.407 e. The highest BCUT2D eigenvalue weighted by Gasteiger charge is 2.06. The summed E-state index contributed by atoms with van der Waals surface area (Å²) in [6.07, 6.45) is -0.453. The lowest BCUT2D eigenvalue weighted by Crippen LogP contribution is -2.24. The van der Waals surface area contributed by atoms with Crippen LogP contribution in [0.4, 0.5) is 9.18 Å². The van der Waals surface area contributed by atoms with E-state index in [0.29, 0.717) is 17.5 Å². The van der Waals surface area contributed by atoms with Crippen molar-refractivity contribution >= 4 is 12.1 Å². The van der Waals surface area contributed by atoms with Crippen LogP contribution < -0.4 is 5.32 Å². The van der Waals surface area contributed by atoms with Crippen LogP contribution in [-0.4, -0.2) is 23.7 Å². The molecule has 0 atom stereocenters. The van der Waals surface area contributed by atoms with E-state index < -0.39 is 17.9 Å². The van der Waals surface area contributed by atoms with Crippen LogP contribution in [0.25, 0.3) is 0 Å². The molecule has 0 radical (unpaired) electrons. The van der Waals surface area contributed by atoms with E-state index in [9.17, 15) is 14.0 Å². The second kappa shape index (κ2) is 9.84. The second-order valence-electron chi connectivity index (χ2n) is 5.41. The fraction of sp³-hybridized carbons (Fsp3) is 0.200. The Morgan fingerprint density at radius 3 is 2.65 bits per heavy atom. The zero-order chi connectivity index (χ0) is 18.8. The number of ether oxygens (including phenoxy) is 1. The summed E-state index contributed by atoms with van der Waals surface area (Å²) in [7, 11) is 0. The van der Waals surface area contributed by atoms with Crippen LogP contribution >= 0.6 is 0 Å². The highest BCUT2D eigenvalue weighted by atomic mass is 19.1. The van der Waals surface area contributed by atoms with Gasteiger partial charge in [0.25, 0.3) is 0 Å². The molecule has 2 N–H and O–H groups in total. The van der Waals surface area contributed by atoms with Crippen molar-refractivity contribution in [1.82, 2.24) is 5.32 Å².